The molecule has 0 fully saturated rings. The lowest BCUT2D eigenvalue weighted by atomic mass is 10.2. The number of carbonyl (C=O) groups is 1. The van der Waals surface area contributed by atoms with E-state index in [1.54, 1.807) is 0 Å². The fourth-order valence-electron chi connectivity index (χ4n) is 1.11. The van der Waals surface area contributed by atoms with E-state index in [1.807, 2.05) is 6.92 Å². The predicted octanol–water partition coefficient (Wildman–Crippen LogP) is -0.534. The van der Waals surface area contributed by atoms with Crippen LogP contribution in [0.3, 0.4) is 0 Å². The molecule has 0 spiro atoms. The highest BCUT2D eigenvalue weighted by Crippen LogP contribution is 1.92. The van der Waals surface area contributed by atoms with Crippen LogP contribution in [0.5, 0.6) is 0 Å². The molecule has 0 radical (unpaired) electrons. The quantitative estimate of drug-likeness (QED) is 0.640. The van der Waals surface area contributed by atoms with E-state index in [0.717, 1.165) is 0 Å². The van der Waals surface area contributed by atoms with Gasteiger partial charge in [-0.1, -0.05) is 12.1 Å². The normalized spacial score (nSPS) is 12.6. The van der Waals surface area contributed by atoms with Gasteiger partial charge in [0.25, 0.3) is 0 Å². The Bertz CT molecular complexity index is 273. The maximum Gasteiger partial charge on any atom is 0.234 e. The summed E-state index contributed by atoms with van der Waals surface area (Å²) in [6, 6.07) is -0.276. The molecule has 1 atom stereocenters. The molecular weight excluding hydrogens is 184 g/mol. The molecule has 1 aromatic rings. The summed E-state index contributed by atoms with van der Waals surface area (Å²) in [5, 5.41) is 6.65. The molecule has 6 heteroatoms. The largest absolute Gasteiger partial charge is 0.368 e. The zero-order valence-electron chi connectivity index (χ0n) is 8.06. The van der Waals surface area contributed by atoms with Crippen molar-refractivity contribution in [2.24, 2.45) is 5.73 Å². The second-order valence-electron chi connectivity index (χ2n) is 2.91. The van der Waals surface area contributed by atoms with Crippen molar-refractivity contribution in [1.29, 1.82) is 0 Å². The van der Waals surface area contributed by atoms with Crippen LogP contribution >= 0.6 is 0 Å². The number of hydrogen-bond donors (Lipinski definition) is 2. The third-order valence-electron chi connectivity index (χ3n) is 1.90. The monoisotopic (exact) mass is 198 g/mol. The SMILES string of the molecule is CCC(NCCc1ncon1)C(N)=O. The molecule has 1 amide bonds. The first kappa shape index (κ1) is 10.6. The van der Waals surface area contributed by atoms with Gasteiger partial charge in [0.2, 0.25) is 12.3 Å². The Kier molecular flexibility index (Phi) is 4.06. The van der Waals surface area contributed by atoms with Crippen LogP contribution in [0.2, 0.25) is 0 Å². The molecular formula is C8H14N4O2. The van der Waals surface area contributed by atoms with Gasteiger partial charge in [0.15, 0.2) is 5.82 Å². The Morgan fingerprint density at radius 2 is 2.57 bits per heavy atom. The van der Waals surface area contributed by atoms with Crippen molar-refractivity contribution in [1.82, 2.24) is 15.5 Å². The van der Waals surface area contributed by atoms with Gasteiger partial charge in [-0.25, -0.2) is 0 Å². The van der Waals surface area contributed by atoms with Gasteiger partial charge < -0.3 is 15.6 Å². The highest BCUT2D eigenvalue weighted by atomic mass is 16.5. The smallest absolute Gasteiger partial charge is 0.234 e. The first-order valence-corrected chi connectivity index (χ1v) is 4.52. The number of aromatic nitrogens is 2. The van der Waals surface area contributed by atoms with Crippen molar-refractivity contribution in [2.75, 3.05) is 6.54 Å². The summed E-state index contributed by atoms with van der Waals surface area (Å²) >= 11 is 0. The molecule has 0 saturated heterocycles. The summed E-state index contributed by atoms with van der Waals surface area (Å²) in [6.07, 6.45) is 2.59. The standard InChI is InChI=1S/C8H14N4O2/c1-2-6(8(9)13)10-4-3-7-11-5-14-12-7/h5-6,10H,2-4H2,1H3,(H2,9,13). The van der Waals surface area contributed by atoms with Crippen molar-refractivity contribution in [3.8, 4) is 0 Å². The van der Waals surface area contributed by atoms with Crippen LogP contribution < -0.4 is 11.1 Å². The fraction of sp³-hybridized carbons (Fsp3) is 0.625. The molecule has 1 rings (SSSR count). The molecule has 0 aliphatic heterocycles. The van der Waals surface area contributed by atoms with Crippen molar-refractivity contribution >= 4 is 5.91 Å². The van der Waals surface area contributed by atoms with Gasteiger partial charge in [-0.05, 0) is 6.42 Å². The number of carbonyl (C=O) groups excluding carboxylic acids is 1. The minimum Gasteiger partial charge on any atom is -0.368 e. The average Bonchev–Trinajstić information content (AvgIpc) is 2.64. The zero-order chi connectivity index (χ0) is 10.4. The topological polar surface area (TPSA) is 94.0 Å². The van der Waals surface area contributed by atoms with Gasteiger partial charge in [-0.3, -0.25) is 4.79 Å². The number of rotatable bonds is 6. The first-order valence-electron chi connectivity index (χ1n) is 4.52. The number of nitrogens with zero attached hydrogens (tertiary/aromatic N) is 2. The number of nitrogens with two attached hydrogens (primary N) is 1. The van der Waals surface area contributed by atoms with E-state index in [4.69, 9.17) is 5.73 Å². The Morgan fingerprint density at radius 1 is 1.79 bits per heavy atom. The van der Waals surface area contributed by atoms with Crippen molar-refractivity contribution in [3.05, 3.63) is 12.2 Å². The first-order chi connectivity index (χ1) is 6.74. The highest BCUT2D eigenvalue weighted by Gasteiger charge is 2.11. The van der Waals surface area contributed by atoms with Crippen LogP contribution in [-0.4, -0.2) is 28.6 Å². The van der Waals surface area contributed by atoms with Crippen LogP contribution in [-0.2, 0) is 11.2 Å². The van der Waals surface area contributed by atoms with Crippen molar-refractivity contribution in [3.63, 3.8) is 0 Å². The molecule has 78 valence electrons. The van der Waals surface area contributed by atoms with Gasteiger partial charge in [-0.15, -0.1) is 0 Å². The molecule has 0 bridgehead atoms. The number of nitrogens with one attached hydrogen (secondary N) is 1. The average molecular weight is 198 g/mol. The van der Waals surface area contributed by atoms with Crippen LogP contribution in [0.4, 0.5) is 0 Å². The molecule has 0 saturated carbocycles. The predicted molar refractivity (Wildman–Crippen MR) is 49.3 cm³/mol. The van der Waals surface area contributed by atoms with E-state index >= 15 is 0 Å². The molecule has 1 unspecified atom stereocenters. The maximum absolute atomic E-state index is 10.8. The summed E-state index contributed by atoms with van der Waals surface area (Å²) in [4.78, 5) is 14.7. The summed E-state index contributed by atoms with van der Waals surface area (Å²) < 4.78 is 4.57. The lowest BCUT2D eigenvalue weighted by Gasteiger charge is -2.11. The molecule has 1 aromatic heterocycles. The number of amides is 1. The summed E-state index contributed by atoms with van der Waals surface area (Å²) in [7, 11) is 0. The van der Waals surface area contributed by atoms with E-state index in [2.05, 4.69) is 20.0 Å². The Hall–Kier alpha value is -1.43. The molecule has 6 nitrogen and oxygen atoms in total. The minimum atomic E-state index is -0.333. The summed E-state index contributed by atoms with van der Waals surface area (Å²) in [5.74, 6) is 0.289. The lowest BCUT2D eigenvalue weighted by Crippen LogP contribution is -2.41. The maximum atomic E-state index is 10.8. The van der Waals surface area contributed by atoms with Crippen LogP contribution in [0.15, 0.2) is 10.9 Å². The van der Waals surface area contributed by atoms with Crippen LogP contribution in [0.1, 0.15) is 19.2 Å². The van der Waals surface area contributed by atoms with E-state index in [1.165, 1.54) is 6.39 Å². The van der Waals surface area contributed by atoms with Gasteiger partial charge in [-0.2, -0.15) is 4.98 Å². The zero-order valence-corrected chi connectivity index (χ0v) is 8.06. The van der Waals surface area contributed by atoms with Gasteiger partial charge in [0, 0.05) is 13.0 Å². The van der Waals surface area contributed by atoms with E-state index in [-0.39, 0.29) is 11.9 Å². The molecule has 3 N–H and O–H groups in total. The molecule has 0 aromatic carbocycles. The number of primary amides is 1. The highest BCUT2D eigenvalue weighted by molar-refractivity contribution is 5.79. The molecule has 0 aliphatic carbocycles. The third-order valence-corrected chi connectivity index (χ3v) is 1.90. The fourth-order valence-corrected chi connectivity index (χ4v) is 1.11. The second kappa shape index (κ2) is 5.33. The van der Waals surface area contributed by atoms with Crippen molar-refractivity contribution in [2.45, 2.75) is 25.8 Å². The van der Waals surface area contributed by atoms with E-state index in [0.29, 0.717) is 25.2 Å². The molecule has 0 aliphatic rings. The minimum absolute atomic E-state index is 0.276. The van der Waals surface area contributed by atoms with E-state index in [9.17, 15) is 4.79 Å². The second-order valence-corrected chi connectivity index (χ2v) is 2.91. The summed E-state index contributed by atoms with van der Waals surface area (Å²) in [6.45, 7) is 2.51. The molecule has 14 heavy (non-hydrogen) atoms. The van der Waals surface area contributed by atoms with E-state index < -0.39 is 0 Å². The Morgan fingerprint density at radius 3 is 3.07 bits per heavy atom. The lowest BCUT2D eigenvalue weighted by molar-refractivity contribution is -0.120. The molecule has 1 heterocycles. The van der Waals surface area contributed by atoms with Crippen LogP contribution in [0.25, 0.3) is 0 Å². The Balaban J connectivity index is 2.23. The van der Waals surface area contributed by atoms with Crippen LogP contribution in [0, 0.1) is 0 Å². The van der Waals surface area contributed by atoms with Gasteiger partial charge in [0.1, 0.15) is 0 Å². The number of hydrogen-bond acceptors (Lipinski definition) is 5. The summed E-state index contributed by atoms with van der Waals surface area (Å²) in [5.41, 5.74) is 5.16. The third kappa shape index (κ3) is 3.14. The van der Waals surface area contributed by atoms with Gasteiger partial charge >= 0.3 is 0 Å². The Labute approximate surface area is 81.9 Å². The van der Waals surface area contributed by atoms with Crippen molar-refractivity contribution < 1.29 is 9.32 Å². The van der Waals surface area contributed by atoms with Gasteiger partial charge in [0.05, 0.1) is 6.04 Å².